The largest absolute Gasteiger partial charge is 0.481 e. The number of aromatic amines is 1. The normalized spacial score (nSPS) is 20.6. The monoisotopic (exact) mass is 1400 g/mol. The number of H-pyrrole nitrogens is 1. The third-order valence-corrected chi connectivity index (χ3v) is 17.3. The maximum absolute atomic E-state index is 14.6. The molecule has 0 saturated carbocycles. The minimum atomic E-state index is -2.00. The van der Waals surface area contributed by atoms with Crippen LogP contribution in [-0.2, 0) is 75.2 Å². The minimum absolute atomic E-state index is 0.0123. The molecule has 544 valence electrons. The summed E-state index contributed by atoms with van der Waals surface area (Å²) in [5.74, 6) is -16.7. The number of rotatable bonds is 34. The van der Waals surface area contributed by atoms with Gasteiger partial charge in [0.2, 0.25) is 65.0 Å². The lowest BCUT2D eigenvalue weighted by molar-refractivity contribution is -0.142. The fourth-order valence-electron chi connectivity index (χ4n) is 10.3. The molecule has 34 heteroatoms. The Morgan fingerprint density at radius 2 is 1.17 bits per heavy atom. The number of unbranched alkanes of at least 4 members (excludes halogenated alkanes) is 1. The molecule has 12 unspecified atom stereocenters. The van der Waals surface area contributed by atoms with Crippen LogP contribution in [-0.4, -0.2) is 187 Å². The maximum atomic E-state index is 14.6. The van der Waals surface area contributed by atoms with E-state index in [1.165, 1.54) is 17.9 Å². The second-order valence-corrected chi connectivity index (χ2v) is 26.1. The summed E-state index contributed by atoms with van der Waals surface area (Å²) in [7, 11) is 0. The SMILES string of the molecule is CCC(C)C(=O)c1nc(C(=O)NC(CC(C)C)C(=O)NC(CCC(=O)O)C(=O)NC(C(=O)NCCCCC2NC(=O)C(CC(N)=O)NC(=O)C(CC(=O)O)NC(=O)C(Cc3cnc[nH]3)NC(=O)C(Cc3ccccc3)NC(=O)C(C(C)C)NC(=O)C(CCCN)NC2=O)C(C)CC)cs1. The molecule has 1 aromatic carbocycles. The molecule has 0 aliphatic carbocycles. The predicted molar refractivity (Wildman–Crippen MR) is 359 cm³/mol. The van der Waals surface area contributed by atoms with Crippen molar-refractivity contribution in [3.8, 4) is 0 Å². The number of thiazole rings is 1. The van der Waals surface area contributed by atoms with E-state index in [9.17, 15) is 82.1 Å². The summed E-state index contributed by atoms with van der Waals surface area (Å²) >= 11 is 0.975. The molecule has 0 bridgehead atoms. The maximum Gasteiger partial charge on any atom is 0.305 e. The van der Waals surface area contributed by atoms with Gasteiger partial charge in [-0.1, -0.05) is 92.1 Å². The number of primary amides is 1. The summed E-state index contributed by atoms with van der Waals surface area (Å²) < 4.78 is 0. The number of nitrogens with zero attached hydrogens (tertiary/aromatic N) is 2. The molecular formula is C65H96N16O17S. The lowest BCUT2D eigenvalue weighted by Gasteiger charge is -2.29. The number of carboxylic acid groups (broad SMARTS) is 2. The molecule has 2 aromatic heterocycles. The number of nitrogens with one attached hydrogen (secondary N) is 12. The number of ketones is 1. The predicted octanol–water partition coefficient (Wildman–Crippen LogP) is -0.956. The number of imidazole rings is 1. The van der Waals surface area contributed by atoms with E-state index in [-0.39, 0.29) is 98.5 Å². The van der Waals surface area contributed by atoms with Crippen LogP contribution < -0.4 is 70.0 Å². The Labute approximate surface area is 577 Å². The van der Waals surface area contributed by atoms with Crippen molar-refractivity contribution in [3.63, 3.8) is 0 Å². The third-order valence-electron chi connectivity index (χ3n) is 16.4. The first kappa shape index (κ1) is 81.7. The van der Waals surface area contributed by atoms with E-state index in [0.29, 0.717) is 18.4 Å². The second-order valence-electron chi connectivity index (χ2n) is 25.3. The van der Waals surface area contributed by atoms with Crippen molar-refractivity contribution in [1.82, 2.24) is 73.4 Å². The smallest absolute Gasteiger partial charge is 0.305 e. The molecule has 3 aromatic rings. The highest BCUT2D eigenvalue weighted by atomic mass is 32.1. The van der Waals surface area contributed by atoms with Gasteiger partial charge in [0, 0.05) is 49.0 Å². The zero-order chi connectivity index (χ0) is 73.6. The molecule has 1 aliphatic heterocycles. The van der Waals surface area contributed by atoms with E-state index in [2.05, 4.69) is 73.4 Å². The number of carboxylic acids is 2. The van der Waals surface area contributed by atoms with Gasteiger partial charge in [0.1, 0.15) is 66.1 Å². The Balaban J connectivity index is 1.65. The van der Waals surface area contributed by atoms with Gasteiger partial charge in [-0.3, -0.25) is 71.9 Å². The van der Waals surface area contributed by atoms with Gasteiger partial charge in [0.15, 0.2) is 10.8 Å². The molecule has 1 fully saturated rings. The quantitative estimate of drug-likeness (QED) is 0.0253. The van der Waals surface area contributed by atoms with E-state index in [4.69, 9.17) is 11.5 Å². The summed E-state index contributed by atoms with van der Waals surface area (Å²) in [6.07, 6.45) is -0.235. The molecule has 33 nitrogen and oxygen atoms in total. The van der Waals surface area contributed by atoms with Crippen molar-refractivity contribution in [3.05, 3.63) is 70.2 Å². The summed E-state index contributed by atoms with van der Waals surface area (Å²) in [5, 5.41) is 49.3. The second kappa shape index (κ2) is 40.9. The van der Waals surface area contributed by atoms with Gasteiger partial charge in [-0.2, -0.15) is 0 Å². The van der Waals surface area contributed by atoms with Crippen molar-refractivity contribution in [1.29, 1.82) is 0 Å². The summed E-state index contributed by atoms with van der Waals surface area (Å²) in [6.45, 7) is 13.6. The third kappa shape index (κ3) is 27.2. The highest BCUT2D eigenvalue weighted by Crippen LogP contribution is 2.19. The van der Waals surface area contributed by atoms with Gasteiger partial charge >= 0.3 is 11.9 Å². The van der Waals surface area contributed by atoms with Crippen LogP contribution in [0.3, 0.4) is 0 Å². The van der Waals surface area contributed by atoms with Crippen molar-refractivity contribution in [2.24, 2.45) is 35.1 Å². The van der Waals surface area contributed by atoms with Crippen LogP contribution in [0, 0.1) is 23.7 Å². The molecule has 1 saturated heterocycles. The van der Waals surface area contributed by atoms with Gasteiger partial charge < -0.3 is 85.1 Å². The van der Waals surface area contributed by atoms with Gasteiger partial charge in [-0.05, 0) is 81.2 Å². The number of hydrogen-bond acceptors (Lipinski definition) is 19. The first-order valence-electron chi connectivity index (χ1n) is 33.1. The molecule has 12 amide bonds. The van der Waals surface area contributed by atoms with Crippen LogP contribution in [0.4, 0.5) is 0 Å². The molecule has 18 N–H and O–H groups in total. The summed E-state index contributed by atoms with van der Waals surface area (Å²) in [6, 6.07) is -7.11. The van der Waals surface area contributed by atoms with E-state index < -0.39 is 181 Å². The number of nitrogens with two attached hydrogens (primary N) is 2. The fourth-order valence-corrected chi connectivity index (χ4v) is 11.2. The number of benzene rings is 1. The number of amides is 12. The average Bonchev–Trinajstić information content (AvgIpc) is 1.61. The van der Waals surface area contributed by atoms with E-state index in [1.807, 2.05) is 6.92 Å². The first-order chi connectivity index (χ1) is 46.8. The Kier molecular flexibility index (Phi) is 33.7. The summed E-state index contributed by atoms with van der Waals surface area (Å²) in [4.78, 5) is 217. The Hall–Kier alpha value is -9.73. The highest BCUT2D eigenvalue weighted by molar-refractivity contribution is 7.12. The van der Waals surface area contributed by atoms with Crippen LogP contribution in [0.25, 0.3) is 0 Å². The first-order valence-corrected chi connectivity index (χ1v) is 34.0. The molecular weight excluding hydrogens is 1310 g/mol. The minimum Gasteiger partial charge on any atom is -0.481 e. The number of carbonyl (C=O) groups excluding carboxylic acids is 13. The Morgan fingerprint density at radius 3 is 1.73 bits per heavy atom. The van der Waals surface area contributed by atoms with Crippen LogP contribution in [0.15, 0.2) is 48.2 Å². The van der Waals surface area contributed by atoms with Crippen LogP contribution >= 0.6 is 11.3 Å². The number of aliphatic carboxylic acids is 2. The highest BCUT2D eigenvalue weighted by Gasteiger charge is 2.39. The molecule has 1 aliphatic rings. The number of carbonyl (C=O) groups is 15. The van der Waals surface area contributed by atoms with Crippen LogP contribution in [0.1, 0.15) is 164 Å². The Bertz CT molecular complexity index is 3290. The zero-order valence-corrected chi connectivity index (χ0v) is 57.8. The number of hydrogen-bond donors (Lipinski definition) is 16. The standard InChI is InChI=1S/C65H96N16O17S/c1-9-35(7)52(81-56(90)41(21-22-49(83)84)73-57(91)42(25-33(3)4)74-62(96)47-31-99-65(79-47)53(87)36(8)10-2)63(97)69-24-15-14-19-39-54(88)71-40(20-16-23-66)55(89)80-51(34(5)6)64(98)78-43(26-37-17-12-11-13-18-37)58(92)75-44(27-38-30-68-32-70-38)59(93)77-46(29-50(85)86)61(95)76-45(28-48(67)82)60(94)72-39/h11-13,17-18,30-36,39-46,51-52H,9-10,14-16,19-29,66H2,1-8H3,(H2,67,82)(H,68,70)(H,69,97)(H,71,88)(H,72,94)(H,73,91)(H,74,96)(H,75,92)(H,76,95)(H,77,93)(H,78,98)(H,80,89)(H,81,90)(H,83,84)(H,85,86). The average molecular weight is 1410 g/mol. The number of aromatic nitrogens is 3. The van der Waals surface area contributed by atoms with Crippen molar-refractivity contribution < 1.29 is 82.1 Å². The van der Waals surface area contributed by atoms with Gasteiger partial charge in [-0.15, -0.1) is 11.3 Å². The van der Waals surface area contributed by atoms with Crippen LogP contribution in [0.5, 0.6) is 0 Å². The van der Waals surface area contributed by atoms with Crippen molar-refractivity contribution in [2.45, 2.75) is 206 Å². The van der Waals surface area contributed by atoms with E-state index in [0.717, 1.165) is 11.3 Å². The molecule has 99 heavy (non-hydrogen) atoms. The molecule has 12 atom stereocenters. The van der Waals surface area contributed by atoms with Crippen molar-refractivity contribution in [2.75, 3.05) is 13.1 Å². The topological polar surface area (TPSA) is 522 Å². The zero-order valence-electron chi connectivity index (χ0n) is 57.0. The molecule has 3 heterocycles. The lowest BCUT2D eigenvalue weighted by Crippen LogP contribution is -2.61. The molecule has 4 rings (SSSR count). The molecule has 0 spiro atoms. The van der Waals surface area contributed by atoms with Crippen molar-refractivity contribution >= 4 is 99.9 Å². The summed E-state index contributed by atoms with van der Waals surface area (Å²) in [5.41, 5.74) is 12.2. The van der Waals surface area contributed by atoms with Crippen LogP contribution in [0.2, 0.25) is 0 Å². The van der Waals surface area contributed by atoms with E-state index in [1.54, 1.807) is 78.8 Å². The van der Waals surface area contributed by atoms with Gasteiger partial charge in [0.05, 0.1) is 19.2 Å². The number of Topliss-reactive ketones (excluding diaryl/α,β-unsaturated/α-hetero) is 1. The van der Waals surface area contributed by atoms with Gasteiger partial charge in [-0.25, -0.2) is 9.97 Å². The fraction of sp³-hybridized carbons (Fsp3) is 0.585. The van der Waals surface area contributed by atoms with E-state index >= 15 is 0 Å². The molecule has 0 radical (unpaired) electrons. The van der Waals surface area contributed by atoms with Gasteiger partial charge in [0.25, 0.3) is 5.91 Å². The Morgan fingerprint density at radius 1 is 0.616 bits per heavy atom. The lowest BCUT2D eigenvalue weighted by atomic mass is 9.97.